The number of aromatic amines is 1. The Bertz CT molecular complexity index is 671. The Hall–Kier alpha value is -1.24. The van der Waals surface area contributed by atoms with Gasteiger partial charge in [-0.2, -0.15) is 0 Å². The average molecular weight is 440 g/mol. The highest BCUT2D eigenvalue weighted by Gasteiger charge is 2.28. The van der Waals surface area contributed by atoms with Crippen LogP contribution in [0.2, 0.25) is 0 Å². The third kappa shape index (κ3) is 4.65. The van der Waals surface area contributed by atoms with Gasteiger partial charge in [0.05, 0.1) is 0 Å². The first-order valence-electron chi connectivity index (χ1n) is 8.70. The van der Waals surface area contributed by atoms with Gasteiger partial charge in [-0.25, -0.2) is 0 Å². The first-order valence-corrected chi connectivity index (χ1v) is 8.70. The average Bonchev–Trinajstić information content (AvgIpc) is 3.18. The summed E-state index contributed by atoms with van der Waals surface area (Å²) in [6.45, 7) is 4.28. The third-order valence-electron chi connectivity index (χ3n) is 5.08. The van der Waals surface area contributed by atoms with E-state index in [1.807, 2.05) is 7.05 Å². The first-order chi connectivity index (χ1) is 11.2. The Morgan fingerprint density at radius 3 is 2.71 bits per heavy atom. The van der Waals surface area contributed by atoms with Crippen LogP contribution in [-0.4, -0.2) is 31.1 Å². The molecule has 1 aliphatic rings. The topological polar surface area (TPSA) is 52.2 Å². The van der Waals surface area contributed by atoms with Crippen molar-refractivity contribution in [2.24, 2.45) is 10.4 Å². The smallest absolute Gasteiger partial charge is 0.191 e. The van der Waals surface area contributed by atoms with Crippen LogP contribution in [0.5, 0.6) is 0 Å². The highest BCUT2D eigenvalue weighted by Crippen LogP contribution is 2.36. The normalized spacial score (nSPS) is 16.8. The molecular weight excluding hydrogens is 411 g/mol. The largest absolute Gasteiger partial charge is 0.361 e. The number of fused-ring (bicyclic) bond motifs is 1. The lowest BCUT2D eigenvalue weighted by molar-refractivity contribution is 0.334. The lowest BCUT2D eigenvalue weighted by Gasteiger charge is -2.25. The van der Waals surface area contributed by atoms with Crippen LogP contribution in [0.1, 0.15) is 38.2 Å². The third-order valence-corrected chi connectivity index (χ3v) is 5.08. The molecule has 0 bridgehead atoms. The molecule has 0 aliphatic heterocycles. The number of halogens is 1. The van der Waals surface area contributed by atoms with Gasteiger partial charge in [-0.05, 0) is 36.3 Å². The number of hydrogen-bond acceptors (Lipinski definition) is 1. The number of nitrogens with one attached hydrogen (secondary N) is 3. The second-order valence-electron chi connectivity index (χ2n) is 6.98. The number of guanidine groups is 1. The number of hydrogen-bond donors (Lipinski definition) is 3. The fourth-order valence-electron chi connectivity index (χ4n) is 3.58. The molecule has 1 aromatic carbocycles. The van der Waals surface area contributed by atoms with Gasteiger partial charge in [0.2, 0.25) is 0 Å². The van der Waals surface area contributed by atoms with Gasteiger partial charge in [0.1, 0.15) is 0 Å². The van der Waals surface area contributed by atoms with E-state index in [0.29, 0.717) is 5.41 Å². The summed E-state index contributed by atoms with van der Waals surface area (Å²) in [5.74, 6) is 0.915. The van der Waals surface area contributed by atoms with Gasteiger partial charge in [-0.1, -0.05) is 38.0 Å². The quantitative estimate of drug-likeness (QED) is 0.373. The maximum atomic E-state index is 4.35. The zero-order chi connectivity index (χ0) is 16.1. The van der Waals surface area contributed by atoms with E-state index in [9.17, 15) is 0 Å². The van der Waals surface area contributed by atoms with E-state index >= 15 is 0 Å². The molecular formula is C19H29IN4. The van der Waals surface area contributed by atoms with Crippen molar-refractivity contribution in [2.45, 2.75) is 39.0 Å². The molecule has 3 rings (SSSR count). The summed E-state index contributed by atoms with van der Waals surface area (Å²) < 4.78 is 0. The molecule has 1 aromatic heterocycles. The summed E-state index contributed by atoms with van der Waals surface area (Å²) in [6, 6.07) is 8.45. The fraction of sp³-hybridized carbons (Fsp3) is 0.526. The second-order valence-corrected chi connectivity index (χ2v) is 6.98. The molecule has 0 unspecified atom stereocenters. The van der Waals surface area contributed by atoms with Crippen LogP contribution in [0.4, 0.5) is 0 Å². The molecule has 1 heterocycles. The van der Waals surface area contributed by atoms with Crippen LogP contribution in [0.15, 0.2) is 35.5 Å². The van der Waals surface area contributed by atoms with Crippen LogP contribution in [0.3, 0.4) is 0 Å². The molecule has 0 radical (unpaired) electrons. The van der Waals surface area contributed by atoms with Crippen molar-refractivity contribution >= 4 is 40.8 Å². The van der Waals surface area contributed by atoms with Gasteiger partial charge in [-0.15, -0.1) is 24.0 Å². The lowest BCUT2D eigenvalue weighted by atomic mass is 9.89. The molecule has 4 nitrogen and oxygen atoms in total. The van der Waals surface area contributed by atoms with Crippen LogP contribution in [-0.2, 0) is 6.42 Å². The minimum absolute atomic E-state index is 0. The highest BCUT2D eigenvalue weighted by atomic mass is 127. The van der Waals surface area contributed by atoms with Gasteiger partial charge in [0.15, 0.2) is 5.96 Å². The Morgan fingerprint density at radius 1 is 1.21 bits per heavy atom. The van der Waals surface area contributed by atoms with Crippen LogP contribution >= 0.6 is 24.0 Å². The van der Waals surface area contributed by atoms with Gasteiger partial charge in [-0.3, -0.25) is 4.99 Å². The van der Waals surface area contributed by atoms with Crippen molar-refractivity contribution in [3.8, 4) is 0 Å². The van der Waals surface area contributed by atoms with Crippen molar-refractivity contribution in [2.75, 3.05) is 20.1 Å². The standard InChI is InChI=1S/C19H28N4.HI/c1-19(10-5-6-11-19)14-23-18(20-2)21-12-9-15-13-22-17-8-4-3-7-16(15)17;/h3-4,7-8,13,22H,5-6,9-12,14H2,1-2H3,(H2,20,21,23);1H. The van der Waals surface area contributed by atoms with E-state index in [2.05, 4.69) is 58.0 Å². The molecule has 0 saturated heterocycles. The predicted octanol–water partition coefficient (Wildman–Crippen LogP) is 4.07. The predicted molar refractivity (Wildman–Crippen MR) is 113 cm³/mol. The van der Waals surface area contributed by atoms with Gasteiger partial charge < -0.3 is 15.6 Å². The molecule has 0 atom stereocenters. The van der Waals surface area contributed by atoms with Crippen LogP contribution in [0.25, 0.3) is 10.9 Å². The molecule has 0 amide bonds. The Morgan fingerprint density at radius 2 is 1.96 bits per heavy atom. The molecule has 1 fully saturated rings. The molecule has 2 aromatic rings. The second kappa shape index (κ2) is 8.74. The molecule has 24 heavy (non-hydrogen) atoms. The van der Waals surface area contributed by atoms with Gasteiger partial charge >= 0.3 is 0 Å². The minimum Gasteiger partial charge on any atom is -0.361 e. The van der Waals surface area contributed by atoms with E-state index in [-0.39, 0.29) is 24.0 Å². The van der Waals surface area contributed by atoms with Crippen molar-refractivity contribution < 1.29 is 0 Å². The monoisotopic (exact) mass is 440 g/mol. The molecule has 0 spiro atoms. The number of aliphatic imine (C=N–C) groups is 1. The van der Waals surface area contributed by atoms with Gasteiger partial charge in [0.25, 0.3) is 0 Å². The Labute approximate surface area is 161 Å². The first kappa shape index (κ1) is 19.1. The number of nitrogens with zero attached hydrogens (tertiary/aromatic N) is 1. The number of para-hydroxylation sites is 1. The number of H-pyrrole nitrogens is 1. The van der Waals surface area contributed by atoms with E-state index < -0.39 is 0 Å². The Balaban J connectivity index is 0.00000208. The number of benzene rings is 1. The molecule has 3 N–H and O–H groups in total. The SMILES string of the molecule is CN=C(NCCc1c[nH]c2ccccc12)NCC1(C)CCCC1.I. The summed E-state index contributed by atoms with van der Waals surface area (Å²) in [6.07, 6.45) is 8.48. The maximum absolute atomic E-state index is 4.35. The molecule has 132 valence electrons. The van der Waals surface area contributed by atoms with Crippen molar-refractivity contribution in [1.29, 1.82) is 0 Å². The van der Waals surface area contributed by atoms with E-state index in [0.717, 1.165) is 25.5 Å². The Kier molecular flexibility index (Phi) is 6.95. The van der Waals surface area contributed by atoms with E-state index in [4.69, 9.17) is 0 Å². The van der Waals surface area contributed by atoms with Crippen LogP contribution < -0.4 is 10.6 Å². The van der Waals surface area contributed by atoms with E-state index in [1.165, 1.54) is 42.1 Å². The summed E-state index contributed by atoms with van der Waals surface area (Å²) >= 11 is 0. The zero-order valence-electron chi connectivity index (χ0n) is 14.7. The number of rotatable bonds is 5. The summed E-state index contributed by atoms with van der Waals surface area (Å²) in [5.41, 5.74) is 3.00. The van der Waals surface area contributed by atoms with Gasteiger partial charge in [0, 0.05) is 37.2 Å². The minimum atomic E-state index is 0. The maximum Gasteiger partial charge on any atom is 0.191 e. The zero-order valence-corrected chi connectivity index (χ0v) is 17.0. The fourth-order valence-corrected chi connectivity index (χ4v) is 3.58. The van der Waals surface area contributed by atoms with E-state index in [1.54, 1.807) is 0 Å². The molecule has 1 aliphatic carbocycles. The molecule has 1 saturated carbocycles. The van der Waals surface area contributed by atoms with Crippen molar-refractivity contribution in [3.63, 3.8) is 0 Å². The summed E-state index contributed by atoms with van der Waals surface area (Å²) in [7, 11) is 1.85. The number of aromatic nitrogens is 1. The summed E-state index contributed by atoms with van der Waals surface area (Å²) in [4.78, 5) is 7.68. The summed E-state index contributed by atoms with van der Waals surface area (Å²) in [5, 5.41) is 8.25. The van der Waals surface area contributed by atoms with Crippen molar-refractivity contribution in [3.05, 3.63) is 36.0 Å². The molecule has 5 heteroatoms. The highest BCUT2D eigenvalue weighted by molar-refractivity contribution is 14.0. The lowest BCUT2D eigenvalue weighted by Crippen LogP contribution is -2.42. The van der Waals surface area contributed by atoms with Crippen LogP contribution in [0, 0.1) is 5.41 Å². The van der Waals surface area contributed by atoms with Crippen molar-refractivity contribution in [1.82, 2.24) is 15.6 Å².